The topological polar surface area (TPSA) is 72.1 Å². The Balaban J connectivity index is 1.74. The van der Waals surface area contributed by atoms with E-state index in [0.717, 1.165) is 21.3 Å². The van der Waals surface area contributed by atoms with Crippen molar-refractivity contribution < 1.29 is 9.21 Å². The van der Waals surface area contributed by atoms with Gasteiger partial charge in [0.15, 0.2) is 0 Å². The van der Waals surface area contributed by atoms with Gasteiger partial charge in [0.1, 0.15) is 15.8 Å². The van der Waals surface area contributed by atoms with Gasteiger partial charge in [-0.15, -0.1) is 21.5 Å². The zero-order chi connectivity index (χ0) is 16.1. The van der Waals surface area contributed by atoms with Crippen molar-refractivity contribution in [3.8, 4) is 0 Å². The average Bonchev–Trinajstić information content (AvgIpc) is 3.19. The number of aromatic nitrogens is 3. The van der Waals surface area contributed by atoms with Crippen LogP contribution in [0.4, 0.5) is 0 Å². The van der Waals surface area contributed by atoms with E-state index in [0.29, 0.717) is 13.1 Å². The van der Waals surface area contributed by atoms with Crippen LogP contribution < -0.4 is 0 Å². The molecule has 0 bridgehead atoms. The Kier molecular flexibility index (Phi) is 4.77. The molecule has 3 heterocycles. The fourth-order valence-electron chi connectivity index (χ4n) is 2.19. The molecule has 0 aliphatic heterocycles. The Morgan fingerprint density at radius 3 is 2.83 bits per heavy atom. The van der Waals surface area contributed by atoms with Crippen molar-refractivity contribution >= 4 is 17.2 Å². The van der Waals surface area contributed by atoms with Crippen molar-refractivity contribution in [2.75, 3.05) is 0 Å². The van der Waals surface area contributed by atoms with Gasteiger partial charge in [-0.1, -0.05) is 6.07 Å². The van der Waals surface area contributed by atoms with Gasteiger partial charge in [-0.3, -0.25) is 9.78 Å². The summed E-state index contributed by atoms with van der Waals surface area (Å²) in [5.74, 6) is 0.733. The molecule has 0 radical (unpaired) electrons. The molecule has 6 nitrogen and oxygen atoms in total. The molecule has 0 atom stereocenters. The van der Waals surface area contributed by atoms with Crippen molar-refractivity contribution in [1.29, 1.82) is 0 Å². The van der Waals surface area contributed by atoms with Crippen LogP contribution in [0.5, 0.6) is 0 Å². The SMILES string of the molecule is Cc1nnc(CC(=O)N(Cc2cccnc2)Cc2ccco2)s1. The lowest BCUT2D eigenvalue weighted by Gasteiger charge is -2.21. The number of aryl methyl sites for hydroxylation is 1. The molecule has 0 N–H and O–H groups in total. The summed E-state index contributed by atoms with van der Waals surface area (Å²) in [6.07, 6.45) is 5.33. The van der Waals surface area contributed by atoms with Gasteiger partial charge in [-0.25, -0.2) is 0 Å². The highest BCUT2D eigenvalue weighted by molar-refractivity contribution is 7.11. The largest absolute Gasteiger partial charge is 0.467 e. The maximum Gasteiger partial charge on any atom is 0.230 e. The molecule has 3 aromatic heterocycles. The maximum absolute atomic E-state index is 12.7. The maximum atomic E-state index is 12.7. The van der Waals surface area contributed by atoms with E-state index in [1.807, 2.05) is 31.2 Å². The summed E-state index contributed by atoms with van der Waals surface area (Å²) in [7, 11) is 0. The third-order valence-electron chi connectivity index (χ3n) is 3.25. The molecule has 0 fully saturated rings. The molecule has 118 valence electrons. The third-order valence-corrected chi connectivity index (χ3v) is 4.08. The minimum atomic E-state index is -0.0126. The third kappa shape index (κ3) is 4.23. The highest BCUT2D eigenvalue weighted by Gasteiger charge is 2.18. The number of carbonyl (C=O) groups excluding carboxylic acids is 1. The summed E-state index contributed by atoms with van der Waals surface area (Å²) < 4.78 is 5.37. The molecule has 0 aliphatic carbocycles. The van der Waals surface area contributed by atoms with E-state index < -0.39 is 0 Å². The molecular formula is C16H16N4O2S. The molecule has 23 heavy (non-hydrogen) atoms. The van der Waals surface area contributed by atoms with Gasteiger partial charge in [0.05, 0.1) is 19.2 Å². The lowest BCUT2D eigenvalue weighted by molar-refractivity contribution is -0.132. The van der Waals surface area contributed by atoms with Crippen molar-refractivity contribution in [3.63, 3.8) is 0 Å². The van der Waals surface area contributed by atoms with Gasteiger partial charge < -0.3 is 9.32 Å². The van der Waals surface area contributed by atoms with Gasteiger partial charge in [-0.05, 0) is 30.7 Å². The standard InChI is InChI=1S/C16H16N4O2S/c1-12-18-19-15(23-12)8-16(21)20(11-14-5-3-7-22-14)10-13-4-2-6-17-9-13/h2-7,9H,8,10-11H2,1H3. The summed E-state index contributed by atoms with van der Waals surface area (Å²) >= 11 is 1.44. The predicted molar refractivity (Wildman–Crippen MR) is 85.5 cm³/mol. The van der Waals surface area contributed by atoms with Crippen LogP contribution in [0.3, 0.4) is 0 Å². The first-order valence-electron chi connectivity index (χ1n) is 7.19. The smallest absolute Gasteiger partial charge is 0.230 e. The first kappa shape index (κ1) is 15.4. The molecular weight excluding hydrogens is 312 g/mol. The number of hydrogen-bond acceptors (Lipinski definition) is 6. The van der Waals surface area contributed by atoms with Crippen molar-refractivity contribution in [1.82, 2.24) is 20.1 Å². The highest BCUT2D eigenvalue weighted by Crippen LogP contribution is 2.14. The number of rotatable bonds is 6. The first-order valence-corrected chi connectivity index (χ1v) is 8.00. The van der Waals surface area contributed by atoms with Gasteiger partial charge in [0, 0.05) is 18.9 Å². The second kappa shape index (κ2) is 7.15. The molecule has 0 aliphatic rings. The predicted octanol–water partition coefficient (Wildman–Crippen LogP) is 2.61. The Morgan fingerprint density at radius 1 is 1.26 bits per heavy atom. The molecule has 7 heteroatoms. The van der Waals surface area contributed by atoms with Crippen molar-refractivity contribution in [2.45, 2.75) is 26.4 Å². The molecule has 1 amide bonds. The van der Waals surface area contributed by atoms with E-state index in [9.17, 15) is 4.79 Å². The normalized spacial score (nSPS) is 10.7. The molecule has 3 rings (SSSR count). The van der Waals surface area contributed by atoms with Crippen LogP contribution in [0.1, 0.15) is 21.3 Å². The summed E-state index contributed by atoms with van der Waals surface area (Å²) in [5.41, 5.74) is 0.973. The summed E-state index contributed by atoms with van der Waals surface area (Å²) in [6.45, 7) is 2.77. The zero-order valence-corrected chi connectivity index (χ0v) is 13.5. The van der Waals surface area contributed by atoms with Crippen LogP contribution in [-0.2, 0) is 24.3 Å². The van der Waals surface area contributed by atoms with E-state index in [2.05, 4.69) is 15.2 Å². The van der Waals surface area contributed by atoms with Gasteiger partial charge >= 0.3 is 0 Å². The second-order valence-corrected chi connectivity index (χ2v) is 6.35. The van der Waals surface area contributed by atoms with E-state index in [-0.39, 0.29) is 12.3 Å². The lowest BCUT2D eigenvalue weighted by atomic mass is 10.2. The molecule has 0 unspecified atom stereocenters. The van der Waals surface area contributed by atoms with Crippen LogP contribution in [0, 0.1) is 6.92 Å². The molecule has 0 saturated heterocycles. The van der Waals surface area contributed by atoms with E-state index >= 15 is 0 Å². The monoisotopic (exact) mass is 328 g/mol. The minimum absolute atomic E-state index is 0.0126. The van der Waals surface area contributed by atoms with Crippen LogP contribution >= 0.6 is 11.3 Å². The van der Waals surface area contributed by atoms with Crippen LogP contribution in [0.15, 0.2) is 47.3 Å². The molecule has 0 spiro atoms. The van der Waals surface area contributed by atoms with Crippen LogP contribution in [0.2, 0.25) is 0 Å². The van der Waals surface area contributed by atoms with E-state index in [1.165, 1.54) is 11.3 Å². The summed E-state index contributed by atoms with van der Waals surface area (Å²) in [6, 6.07) is 7.48. The van der Waals surface area contributed by atoms with Gasteiger partial charge in [-0.2, -0.15) is 0 Å². The lowest BCUT2D eigenvalue weighted by Crippen LogP contribution is -2.31. The van der Waals surface area contributed by atoms with Gasteiger partial charge in [0.25, 0.3) is 0 Å². The summed E-state index contributed by atoms with van der Waals surface area (Å²) in [4.78, 5) is 18.5. The van der Waals surface area contributed by atoms with E-state index in [1.54, 1.807) is 23.6 Å². The Bertz CT molecular complexity index is 756. The number of nitrogens with zero attached hydrogens (tertiary/aromatic N) is 4. The number of pyridine rings is 1. The van der Waals surface area contributed by atoms with Crippen molar-refractivity contribution in [3.05, 3.63) is 64.3 Å². The van der Waals surface area contributed by atoms with E-state index in [4.69, 9.17) is 4.42 Å². The Morgan fingerprint density at radius 2 is 2.17 bits per heavy atom. The molecule has 0 aromatic carbocycles. The fraction of sp³-hybridized carbons (Fsp3) is 0.250. The van der Waals surface area contributed by atoms with Crippen molar-refractivity contribution in [2.24, 2.45) is 0 Å². The Hall–Kier alpha value is -2.54. The number of hydrogen-bond donors (Lipinski definition) is 0. The minimum Gasteiger partial charge on any atom is -0.467 e. The van der Waals surface area contributed by atoms with Crippen LogP contribution in [0.25, 0.3) is 0 Å². The fourth-order valence-corrected chi connectivity index (χ4v) is 2.89. The molecule has 0 saturated carbocycles. The second-order valence-electron chi connectivity index (χ2n) is 5.08. The average molecular weight is 328 g/mol. The van der Waals surface area contributed by atoms with Gasteiger partial charge in [0.2, 0.25) is 5.91 Å². The molecule has 3 aromatic rings. The summed E-state index contributed by atoms with van der Waals surface area (Å²) in [5, 5.41) is 9.57. The quantitative estimate of drug-likeness (QED) is 0.695. The number of amides is 1. The zero-order valence-electron chi connectivity index (χ0n) is 12.7. The van der Waals surface area contributed by atoms with Crippen LogP contribution in [-0.4, -0.2) is 26.0 Å². The highest BCUT2D eigenvalue weighted by atomic mass is 32.1. The first-order chi connectivity index (χ1) is 11.2. The number of furan rings is 1. The number of carbonyl (C=O) groups is 1. The Labute approximate surface area is 137 Å².